The van der Waals surface area contributed by atoms with E-state index in [0.717, 1.165) is 0 Å². The Hall–Kier alpha value is -1.43. The molecule has 3 amide bonds. The highest BCUT2D eigenvalue weighted by Crippen LogP contribution is 2.17. The summed E-state index contributed by atoms with van der Waals surface area (Å²) in [5.41, 5.74) is 5.21. The molecule has 0 aromatic heterocycles. The van der Waals surface area contributed by atoms with Crippen molar-refractivity contribution in [2.24, 2.45) is 11.7 Å². The molecule has 0 aliphatic carbocycles. The summed E-state index contributed by atoms with van der Waals surface area (Å²) in [6, 6.07) is 0. The van der Waals surface area contributed by atoms with E-state index in [1.807, 2.05) is 0 Å². The number of hydrogen-bond acceptors (Lipinski definition) is 4. The monoisotopic (exact) mass is 227 g/mol. The minimum absolute atomic E-state index is 0.155. The summed E-state index contributed by atoms with van der Waals surface area (Å²) in [6.45, 7) is 2.57. The summed E-state index contributed by atoms with van der Waals surface area (Å²) in [4.78, 5) is 35.1. The van der Waals surface area contributed by atoms with Crippen molar-refractivity contribution in [3.8, 4) is 0 Å². The number of carbonyl (C=O) groups is 3. The van der Waals surface area contributed by atoms with E-state index < -0.39 is 0 Å². The first kappa shape index (κ1) is 12.6. The normalized spacial score (nSPS) is 20.4. The van der Waals surface area contributed by atoms with Crippen LogP contribution < -0.4 is 11.1 Å². The fraction of sp³-hybridized carbons (Fsp3) is 0.700. The molecule has 0 radical (unpaired) electrons. The molecule has 90 valence electrons. The zero-order chi connectivity index (χ0) is 12.1. The van der Waals surface area contributed by atoms with Crippen LogP contribution >= 0.6 is 0 Å². The van der Waals surface area contributed by atoms with Crippen LogP contribution in [0.1, 0.15) is 19.8 Å². The fourth-order valence-corrected chi connectivity index (χ4v) is 1.61. The van der Waals surface area contributed by atoms with E-state index in [4.69, 9.17) is 5.73 Å². The largest absolute Gasteiger partial charge is 0.354 e. The second-order valence-electron chi connectivity index (χ2n) is 3.88. The summed E-state index contributed by atoms with van der Waals surface area (Å²) >= 11 is 0. The van der Waals surface area contributed by atoms with E-state index in [0.29, 0.717) is 13.1 Å². The summed E-state index contributed by atoms with van der Waals surface area (Å²) in [7, 11) is 0. The van der Waals surface area contributed by atoms with Gasteiger partial charge in [-0.25, -0.2) is 0 Å². The third kappa shape index (κ3) is 3.03. The lowest BCUT2D eigenvalue weighted by Gasteiger charge is -2.14. The lowest BCUT2D eigenvalue weighted by molar-refractivity contribution is -0.139. The maximum atomic E-state index is 11.5. The molecular weight excluding hydrogens is 210 g/mol. The smallest absolute Gasteiger partial charge is 0.232 e. The Bertz CT molecular complexity index is 304. The zero-order valence-electron chi connectivity index (χ0n) is 9.36. The molecule has 1 rings (SSSR count). The average Bonchev–Trinajstić information content (AvgIpc) is 2.45. The quantitative estimate of drug-likeness (QED) is 0.580. The molecule has 0 bridgehead atoms. The number of rotatable bonds is 5. The van der Waals surface area contributed by atoms with Crippen molar-refractivity contribution in [1.82, 2.24) is 10.2 Å². The van der Waals surface area contributed by atoms with Crippen molar-refractivity contribution in [3.63, 3.8) is 0 Å². The highest BCUT2D eigenvalue weighted by Gasteiger charge is 2.34. The van der Waals surface area contributed by atoms with Gasteiger partial charge in [0.1, 0.15) is 0 Å². The van der Waals surface area contributed by atoms with Gasteiger partial charge in [0.05, 0.1) is 0 Å². The van der Waals surface area contributed by atoms with Crippen molar-refractivity contribution in [1.29, 1.82) is 0 Å². The molecule has 1 heterocycles. The molecule has 1 saturated heterocycles. The second kappa shape index (κ2) is 5.60. The van der Waals surface area contributed by atoms with Gasteiger partial charge in [0.15, 0.2) is 0 Å². The molecule has 1 unspecified atom stereocenters. The standard InChI is InChI=1S/C10H17N3O3/c1-7-6-9(15)13(10(7)16)5-4-12-8(14)2-3-11/h7H,2-6,11H2,1H3,(H,12,14). The fourth-order valence-electron chi connectivity index (χ4n) is 1.61. The van der Waals surface area contributed by atoms with Gasteiger partial charge in [-0.3, -0.25) is 19.3 Å². The predicted octanol–water partition coefficient (Wildman–Crippen LogP) is -1.15. The molecule has 6 nitrogen and oxygen atoms in total. The van der Waals surface area contributed by atoms with Gasteiger partial charge < -0.3 is 11.1 Å². The Labute approximate surface area is 94.2 Å². The van der Waals surface area contributed by atoms with Crippen LogP contribution in [-0.4, -0.2) is 42.3 Å². The molecule has 6 heteroatoms. The number of nitrogens with zero attached hydrogens (tertiary/aromatic N) is 1. The second-order valence-corrected chi connectivity index (χ2v) is 3.88. The number of hydrogen-bond donors (Lipinski definition) is 2. The minimum Gasteiger partial charge on any atom is -0.354 e. The summed E-state index contributed by atoms with van der Waals surface area (Å²) in [5.74, 6) is -0.703. The lowest BCUT2D eigenvalue weighted by Crippen LogP contribution is -2.38. The highest BCUT2D eigenvalue weighted by atomic mass is 16.2. The summed E-state index contributed by atoms with van der Waals surface area (Å²) in [6.07, 6.45) is 0.536. The Kier molecular flexibility index (Phi) is 4.42. The van der Waals surface area contributed by atoms with Gasteiger partial charge >= 0.3 is 0 Å². The van der Waals surface area contributed by atoms with E-state index in [2.05, 4.69) is 5.32 Å². The first-order chi connectivity index (χ1) is 7.56. The Morgan fingerprint density at radius 1 is 1.56 bits per heavy atom. The molecule has 0 saturated carbocycles. The maximum Gasteiger partial charge on any atom is 0.232 e. The van der Waals surface area contributed by atoms with Crippen LogP contribution in [0, 0.1) is 5.92 Å². The van der Waals surface area contributed by atoms with Crippen LogP contribution in [0.4, 0.5) is 0 Å². The van der Waals surface area contributed by atoms with Crippen LogP contribution in [0.2, 0.25) is 0 Å². The maximum absolute atomic E-state index is 11.5. The first-order valence-corrected chi connectivity index (χ1v) is 5.37. The zero-order valence-corrected chi connectivity index (χ0v) is 9.36. The number of nitrogens with two attached hydrogens (primary N) is 1. The van der Waals surface area contributed by atoms with Gasteiger partial charge in [-0.15, -0.1) is 0 Å². The number of imide groups is 1. The molecular formula is C10H17N3O3. The Balaban J connectivity index is 2.30. The molecule has 0 aromatic rings. The minimum atomic E-state index is -0.229. The molecule has 3 N–H and O–H groups in total. The molecule has 16 heavy (non-hydrogen) atoms. The number of carbonyl (C=O) groups excluding carboxylic acids is 3. The Morgan fingerprint density at radius 3 is 2.75 bits per heavy atom. The van der Waals surface area contributed by atoms with Gasteiger partial charge in [-0.2, -0.15) is 0 Å². The summed E-state index contributed by atoms with van der Waals surface area (Å²) in [5, 5.41) is 2.60. The molecule has 0 aromatic carbocycles. The van der Waals surface area contributed by atoms with Gasteiger partial charge in [0.25, 0.3) is 0 Å². The number of nitrogens with one attached hydrogen (secondary N) is 1. The third-order valence-electron chi connectivity index (χ3n) is 2.50. The Morgan fingerprint density at radius 2 is 2.25 bits per heavy atom. The van der Waals surface area contributed by atoms with Crippen LogP contribution in [-0.2, 0) is 14.4 Å². The van der Waals surface area contributed by atoms with Crippen molar-refractivity contribution >= 4 is 17.7 Å². The molecule has 1 fully saturated rings. The van der Waals surface area contributed by atoms with Crippen LogP contribution in [0.25, 0.3) is 0 Å². The molecule has 0 spiro atoms. The van der Waals surface area contributed by atoms with E-state index >= 15 is 0 Å². The van der Waals surface area contributed by atoms with Gasteiger partial charge in [-0.05, 0) is 0 Å². The molecule has 1 aliphatic heterocycles. The van der Waals surface area contributed by atoms with Crippen LogP contribution in [0.15, 0.2) is 0 Å². The van der Waals surface area contributed by atoms with Crippen LogP contribution in [0.5, 0.6) is 0 Å². The molecule has 1 atom stereocenters. The van der Waals surface area contributed by atoms with Crippen molar-refractivity contribution < 1.29 is 14.4 Å². The first-order valence-electron chi connectivity index (χ1n) is 5.37. The molecule has 1 aliphatic rings. The van der Waals surface area contributed by atoms with Crippen molar-refractivity contribution in [2.75, 3.05) is 19.6 Å². The predicted molar refractivity (Wildman–Crippen MR) is 57.2 cm³/mol. The summed E-state index contributed by atoms with van der Waals surface area (Å²) < 4.78 is 0. The van der Waals surface area contributed by atoms with E-state index in [1.54, 1.807) is 6.92 Å². The average molecular weight is 227 g/mol. The van der Waals surface area contributed by atoms with Crippen molar-refractivity contribution in [2.45, 2.75) is 19.8 Å². The van der Waals surface area contributed by atoms with Crippen LogP contribution in [0.3, 0.4) is 0 Å². The lowest BCUT2D eigenvalue weighted by atomic mass is 10.1. The number of likely N-dealkylation sites (tertiary alicyclic amines) is 1. The van der Waals surface area contributed by atoms with E-state index in [1.165, 1.54) is 4.90 Å². The van der Waals surface area contributed by atoms with Gasteiger partial charge in [0.2, 0.25) is 17.7 Å². The SMILES string of the molecule is CC1CC(=O)N(CCNC(=O)CCN)C1=O. The topological polar surface area (TPSA) is 92.5 Å². The third-order valence-corrected chi connectivity index (χ3v) is 2.50. The van der Waals surface area contributed by atoms with E-state index in [-0.39, 0.29) is 43.0 Å². The van der Waals surface area contributed by atoms with E-state index in [9.17, 15) is 14.4 Å². The van der Waals surface area contributed by atoms with Gasteiger partial charge in [0, 0.05) is 38.4 Å². The number of amides is 3. The highest BCUT2D eigenvalue weighted by molar-refractivity contribution is 6.03. The van der Waals surface area contributed by atoms with Crippen molar-refractivity contribution in [3.05, 3.63) is 0 Å². The van der Waals surface area contributed by atoms with Gasteiger partial charge in [-0.1, -0.05) is 6.92 Å².